The SMILES string of the molecule is Cc1cc(Br)cc(Br)c1OCC(=O)Nc1ccc(Cc2ccc(NC(=O)COc3c(C)cc(Br)cc3Br)cc2)cc1. The molecule has 6 nitrogen and oxygen atoms in total. The summed E-state index contributed by atoms with van der Waals surface area (Å²) >= 11 is 13.8. The number of amides is 2. The molecule has 2 amide bonds. The van der Waals surface area contributed by atoms with Gasteiger partial charge in [-0.1, -0.05) is 56.1 Å². The van der Waals surface area contributed by atoms with Crippen LogP contribution >= 0.6 is 63.7 Å². The summed E-state index contributed by atoms with van der Waals surface area (Å²) in [5, 5.41) is 5.73. The highest BCUT2D eigenvalue weighted by atomic mass is 79.9. The van der Waals surface area contributed by atoms with E-state index < -0.39 is 0 Å². The lowest BCUT2D eigenvalue weighted by atomic mass is 10.0. The van der Waals surface area contributed by atoms with Gasteiger partial charge in [0.15, 0.2) is 13.2 Å². The van der Waals surface area contributed by atoms with Gasteiger partial charge in [-0.05, 0) is 123 Å². The Bertz CT molecular complexity index is 1390. The van der Waals surface area contributed by atoms with Gasteiger partial charge in [0.1, 0.15) is 11.5 Å². The smallest absolute Gasteiger partial charge is 0.262 e. The lowest BCUT2D eigenvalue weighted by molar-refractivity contribution is -0.118. The van der Waals surface area contributed by atoms with Gasteiger partial charge < -0.3 is 20.1 Å². The monoisotopic (exact) mass is 806 g/mol. The maximum Gasteiger partial charge on any atom is 0.262 e. The second-order valence-corrected chi connectivity index (χ2v) is 12.9. The number of halogens is 4. The van der Waals surface area contributed by atoms with E-state index in [0.29, 0.717) is 29.3 Å². The minimum Gasteiger partial charge on any atom is -0.482 e. The first kappa shape index (κ1) is 31.3. The van der Waals surface area contributed by atoms with E-state index in [2.05, 4.69) is 74.4 Å². The van der Waals surface area contributed by atoms with E-state index in [0.717, 1.165) is 40.1 Å². The number of benzene rings is 4. The van der Waals surface area contributed by atoms with Crippen molar-refractivity contribution in [2.24, 2.45) is 0 Å². The minimum absolute atomic E-state index is 0.0980. The van der Waals surface area contributed by atoms with E-state index in [1.54, 1.807) is 0 Å². The van der Waals surface area contributed by atoms with Crippen LogP contribution in [0.5, 0.6) is 11.5 Å². The molecule has 0 aliphatic rings. The average Bonchev–Trinajstić information content (AvgIpc) is 2.89. The molecule has 2 N–H and O–H groups in total. The van der Waals surface area contributed by atoms with Crippen LogP contribution in [0.15, 0.2) is 90.7 Å². The highest BCUT2D eigenvalue weighted by molar-refractivity contribution is 9.11. The van der Waals surface area contributed by atoms with Gasteiger partial charge in [0.05, 0.1) is 8.95 Å². The quantitative estimate of drug-likeness (QED) is 0.168. The van der Waals surface area contributed by atoms with E-state index in [-0.39, 0.29) is 25.0 Å². The van der Waals surface area contributed by atoms with E-state index in [1.165, 1.54) is 0 Å². The summed E-state index contributed by atoms with van der Waals surface area (Å²) in [5.74, 6) is 0.799. The molecule has 0 bridgehead atoms. The van der Waals surface area contributed by atoms with E-state index in [1.807, 2.05) is 86.6 Å². The molecule has 0 spiro atoms. The zero-order valence-electron chi connectivity index (χ0n) is 22.2. The lowest BCUT2D eigenvalue weighted by Crippen LogP contribution is -2.20. The number of nitrogens with one attached hydrogen (secondary N) is 2. The Labute approximate surface area is 272 Å². The van der Waals surface area contributed by atoms with Crippen LogP contribution in [0, 0.1) is 13.8 Å². The molecule has 41 heavy (non-hydrogen) atoms. The average molecular weight is 810 g/mol. The van der Waals surface area contributed by atoms with Crippen LogP contribution in [0.4, 0.5) is 11.4 Å². The third-order valence-corrected chi connectivity index (χ3v) is 8.06. The molecule has 4 aromatic carbocycles. The molecule has 0 fully saturated rings. The molecule has 0 aliphatic carbocycles. The normalized spacial score (nSPS) is 10.7. The van der Waals surface area contributed by atoms with Crippen molar-refractivity contribution >= 4 is 86.9 Å². The highest BCUT2D eigenvalue weighted by Crippen LogP contribution is 2.33. The zero-order chi connectivity index (χ0) is 29.5. The maximum absolute atomic E-state index is 12.4. The number of hydrogen-bond donors (Lipinski definition) is 2. The lowest BCUT2D eigenvalue weighted by Gasteiger charge is -2.12. The standard InChI is InChI=1S/C31H26Br4N2O4/c1-18-11-22(32)14-26(34)30(18)40-16-28(38)36-24-7-3-20(4-8-24)13-21-5-9-25(10-6-21)37-29(39)17-41-31-19(2)12-23(33)15-27(31)35/h3-12,14-15H,13,16-17H2,1-2H3,(H,36,38)(H,37,39). The van der Waals surface area contributed by atoms with Gasteiger partial charge in [0.2, 0.25) is 0 Å². The Morgan fingerprint density at radius 3 is 1.32 bits per heavy atom. The van der Waals surface area contributed by atoms with Crippen LogP contribution in [0.3, 0.4) is 0 Å². The van der Waals surface area contributed by atoms with E-state index in [9.17, 15) is 9.59 Å². The van der Waals surface area contributed by atoms with Crippen LogP contribution in [0.1, 0.15) is 22.3 Å². The molecule has 0 saturated carbocycles. The first-order chi connectivity index (χ1) is 19.6. The Balaban J connectivity index is 1.24. The molecule has 0 heterocycles. The van der Waals surface area contributed by atoms with Crippen molar-refractivity contribution in [1.29, 1.82) is 0 Å². The minimum atomic E-state index is -0.241. The number of carbonyl (C=O) groups excluding carboxylic acids is 2. The van der Waals surface area contributed by atoms with Crippen molar-refractivity contribution < 1.29 is 19.1 Å². The van der Waals surface area contributed by atoms with Gasteiger partial charge in [-0.15, -0.1) is 0 Å². The predicted octanol–water partition coefficient (Wildman–Crippen LogP) is 8.98. The highest BCUT2D eigenvalue weighted by Gasteiger charge is 2.12. The van der Waals surface area contributed by atoms with Crippen molar-refractivity contribution in [2.45, 2.75) is 20.3 Å². The summed E-state index contributed by atoms with van der Waals surface area (Å²) in [7, 11) is 0. The van der Waals surface area contributed by atoms with Crippen molar-refractivity contribution in [3.05, 3.63) is 113 Å². The molecule has 4 rings (SSSR count). The van der Waals surface area contributed by atoms with Gasteiger partial charge in [-0.25, -0.2) is 0 Å². The van der Waals surface area contributed by atoms with Gasteiger partial charge >= 0.3 is 0 Å². The Morgan fingerprint density at radius 1 is 0.610 bits per heavy atom. The molecule has 0 atom stereocenters. The molecule has 212 valence electrons. The molecule has 0 aliphatic heterocycles. The second-order valence-electron chi connectivity index (χ2n) is 9.31. The summed E-state index contributed by atoms with van der Waals surface area (Å²) in [5.41, 5.74) is 5.42. The molecular weight excluding hydrogens is 784 g/mol. The fourth-order valence-electron chi connectivity index (χ4n) is 4.06. The summed E-state index contributed by atoms with van der Waals surface area (Å²) < 4.78 is 14.9. The van der Waals surface area contributed by atoms with Crippen LogP contribution < -0.4 is 20.1 Å². The third-order valence-electron chi connectivity index (χ3n) is 5.97. The van der Waals surface area contributed by atoms with Gasteiger partial charge in [-0.3, -0.25) is 9.59 Å². The van der Waals surface area contributed by atoms with Crippen LogP contribution in [0.25, 0.3) is 0 Å². The van der Waals surface area contributed by atoms with Crippen LogP contribution in [0.2, 0.25) is 0 Å². The first-order valence-corrected chi connectivity index (χ1v) is 15.7. The number of rotatable bonds is 10. The molecule has 0 unspecified atom stereocenters. The fourth-order valence-corrected chi connectivity index (χ4v) is 7.17. The number of anilines is 2. The second kappa shape index (κ2) is 14.5. The van der Waals surface area contributed by atoms with Gasteiger partial charge in [0, 0.05) is 20.3 Å². The number of aryl methyl sites for hydroxylation is 2. The largest absolute Gasteiger partial charge is 0.482 e. The Morgan fingerprint density at radius 2 is 0.976 bits per heavy atom. The summed E-state index contributed by atoms with van der Waals surface area (Å²) in [4.78, 5) is 24.8. The number of hydrogen-bond acceptors (Lipinski definition) is 4. The fraction of sp³-hybridized carbons (Fsp3) is 0.161. The summed E-state index contributed by atoms with van der Waals surface area (Å²) in [6.07, 6.45) is 0.711. The Hall–Kier alpha value is -2.66. The van der Waals surface area contributed by atoms with Gasteiger partial charge in [-0.2, -0.15) is 0 Å². The van der Waals surface area contributed by atoms with E-state index >= 15 is 0 Å². The predicted molar refractivity (Wildman–Crippen MR) is 177 cm³/mol. The molecule has 0 radical (unpaired) electrons. The van der Waals surface area contributed by atoms with Crippen LogP contribution in [-0.2, 0) is 16.0 Å². The van der Waals surface area contributed by atoms with Crippen molar-refractivity contribution in [2.75, 3.05) is 23.8 Å². The van der Waals surface area contributed by atoms with Gasteiger partial charge in [0.25, 0.3) is 11.8 Å². The summed E-state index contributed by atoms with van der Waals surface area (Å²) in [6, 6.07) is 23.0. The van der Waals surface area contributed by atoms with Crippen molar-refractivity contribution in [3.63, 3.8) is 0 Å². The first-order valence-electron chi connectivity index (χ1n) is 12.5. The molecule has 10 heteroatoms. The molecule has 4 aromatic rings. The number of ether oxygens (including phenoxy) is 2. The maximum atomic E-state index is 12.4. The third kappa shape index (κ3) is 9.16. The Kier molecular flexibility index (Phi) is 11.1. The summed E-state index contributed by atoms with van der Waals surface area (Å²) in [6.45, 7) is 3.65. The van der Waals surface area contributed by atoms with Crippen LogP contribution in [-0.4, -0.2) is 25.0 Å². The molecule has 0 saturated heterocycles. The molecule has 0 aromatic heterocycles. The number of carbonyl (C=O) groups is 2. The topological polar surface area (TPSA) is 76.7 Å². The molecular formula is C31H26Br4N2O4. The zero-order valence-corrected chi connectivity index (χ0v) is 28.5. The van der Waals surface area contributed by atoms with E-state index in [4.69, 9.17) is 9.47 Å². The van der Waals surface area contributed by atoms with Crippen molar-refractivity contribution in [3.8, 4) is 11.5 Å². The van der Waals surface area contributed by atoms with Crippen molar-refractivity contribution in [1.82, 2.24) is 0 Å².